The summed E-state index contributed by atoms with van der Waals surface area (Å²) in [6, 6.07) is 0. The van der Waals surface area contributed by atoms with E-state index < -0.39 is 0 Å². The SMILES string of the molecule is C/C=N/OC1CCNCC1. The molecule has 10 heavy (non-hydrogen) atoms. The second-order valence-electron chi connectivity index (χ2n) is 2.42. The molecule has 1 fully saturated rings. The first-order chi connectivity index (χ1) is 4.93. The quantitative estimate of drug-likeness (QED) is 0.456. The van der Waals surface area contributed by atoms with E-state index in [-0.39, 0.29) is 0 Å². The Kier molecular flexibility index (Phi) is 3.22. The van der Waals surface area contributed by atoms with Crippen molar-refractivity contribution in [3.63, 3.8) is 0 Å². The maximum absolute atomic E-state index is 5.16. The maximum Gasteiger partial charge on any atom is 0.130 e. The van der Waals surface area contributed by atoms with Gasteiger partial charge in [-0.2, -0.15) is 0 Å². The van der Waals surface area contributed by atoms with E-state index in [1.54, 1.807) is 6.21 Å². The molecule has 1 rings (SSSR count). The lowest BCUT2D eigenvalue weighted by Crippen LogP contribution is -2.31. The Morgan fingerprint density at radius 3 is 2.80 bits per heavy atom. The van der Waals surface area contributed by atoms with Gasteiger partial charge in [0, 0.05) is 6.21 Å². The van der Waals surface area contributed by atoms with Gasteiger partial charge in [-0.3, -0.25) is 0 Å². The normalized spacial score (nSPS) is 21.7. The molecule has 58 valence electrons. The molecule has 0 aromatic carbocycles. The zero-order valence-corrected chi connectivity index (χ0v) is 6.34. The summed E-state index contributed by atoms with van der Waals surface area (Å²) in [5, 5.41) is 7.00. The van der Waals surface area contributed by atoms with Crippen LogP contribution >= 0.6 is 0 Å². The average Bonchev–Trinajstić information content (AvgIpc) is 2.03. The van der Waals surface area contributed by atoms with Crippen LogP contribution in [-0.2, 0) is 4.84 Å². The first kappa shape index (κ1) is 7.54. The zero-order valence-electron chi connectivity index (χ0n) is 6.34. The van der Waals surface area contributed by atoms with Gasteiger partial charge in [0.25, 0.3) is 0 Å². The standard InChI is InChI=1S/C7H14N2O/c1-2-9-10-7-3-5-8-6-4-7/h2,7-8H,3-6H2,1H3/b9-2+. The highest BCUT2D eigenvalue weighted by molar-refractivity contribution is 5.52. The number of rotatable bonds is 2. The Hall–Kier alpha value is -0.570. The van der Waals surface area contributed by atoms with Gasteiger partial charge in [-0.15, -0.1) is 0 Å². The highest BCUT2D eigenvalue weighted by Crippen LogP contribution is 2.06. The molecule has 1 N–H and O–H groups in total. The summed E-state index contributed by atoms with van der Waals surface area (Å²) in [4.78, 5) is 5.16. The molecule has 1 aliphatic rings. The van der Waals surface area contributed by atoms with Gasteiger partial charge in [0.05, 0.1) is 0 Å². The Morgan fingerprint density at radius 2 is 2.20 bits per heavy atom. The van der Waals surface area contributed by atoms with Gasteiger partial charge in [0.2, 0.25) is 0 Å². The fourth-order valence-corrected chi connectivity index (χ4v) is 1.05. The van der Waals surface area contributed by atoms with Gasteiger partial charge in [-0.25, -0.2) is 0 Å². The van der Waals surface area contributed by atoms with E-state index >= 15 is 0 Å². The lowest BCUT2D eigenvalue weighted by atomic mass is 10.1. The third kappa shape index (κ3) is 2.35. The highest BCUT2D eigenvalue weighted by Gasteiger charge is 2.12. The van der Waals surface area contributed by atoms with Gasteiger partial charge in [-0.05, 0) is 32.9 Å². The predicted octanol–water partition coefficient (Wildman–Crippen LogP) is 0.761. The maximum atomic E-state index is 5.16. The molecule has 0 aromatic heterocycles. The van der Waals surface area contributed by atoms with Gasteiger partial charge in [0.1, 0.15) is 6.10 Å². The molecule has 0 atom stereocenters. The summed E-state index contributed by atoms with van der Waals surface area (Å²) >= 11 is 0. The molecule has 3 heteroatoms. The number of hydrogen-bond donors (Lipinski definition) is 1. The number of nitrogens with zero attached hydrogens (tertiary/aromatic N) is 1. The van der Waals surface area contributed by atoms with Crippen molar-refractivity contribution in [2.45, 2.75) is 25.9 Å². The predicted molar refractivity (Wildman–Crippen MR) is 41.1 cm³/mol. The summed E-state index contributed by atoms with van der Waals surface area (Å²) in [6.07, 6.45) is 4.19. The summed E-state index contributed by atoms with van der Waals surface area (Å²) < 4.78 is 0. The molecular weight excluding hydrogens is 128 g/mol. The number of hydrogen-bond acceptors (Lipinski definition) is 3. The molecule has 0 radical (unpaired) electrons. The third-order valence-corrected chi connectivity index (χ3v) is 1.60. The molecule has 1 heterocycles. The van der Waals surface area contributed by atoms with Crippen molar-refractivity contribution < 1.29 is 4.84 Å². The van der Waals surface area contributed by atoms with Crippen molar-refractivity contribution in [3.8, 4) is 0 Å². The van der Waals surface area contributed by atoms with Crippen LogP contribution in [0.5, 0.6) is 0 Å². The Morgan fingerprint density at radius 1 is 1.50 bits per heavy atom. The van der Waals surface area contributed by atoms with Gasteiger partial charge < -0.3 is 10.2 Å². The molecule has 3 nitrogen and oxygen atoms in total. The van der Waals surface area contributed by atoms with Crippen LogP contribution < -0.4 is 5.32 Å². The third-order valence-electron chi connectivity index (χ3n) is 1.60. The van der Waals surface area contributed by atoms with E-state index in [4.69, 9.17) is 4.84 Å². The van der Waals surface area contributed by atoms with E-state index in [9.17, 15) is 0 Å². The van der Waals surface area contributed by atoms with E-state index in [0.717, 1.165) is 25.9 Å². The van der Waals surface area contributed by atoms with Crippen LogP contribution in [0.4, 0.5) is 0 Å². The van der Waals surface area contributed by atoms with Gasteiger partial charge in [0.15, 0.2) is 0 Å². The second-order valence-corrected chi connectivity index (χ2v) is 2.42. The average molecular weight is 142 g/mol. The Bertz CT molecular complexity index is 108. The lowest BCUT2D eigenvalue weighted by molar-refractivity contribution is 0.0386. The molecule has 0 aliphatic carbocycles. The van der Waals surface area contributed by atoms with Crippen LogP contribution in [0.2, 0.25) is 0 Å². The Labute approximate surface area is 61.4 Å². The zero-order chi connectivity index (χ0) is 7.23. The smallest absolute Gasteiger partial charge is 0.130 e. The summed E-state index contributed by atoms with van der Waals surface area (Å²) in [5.74, 6) is 0. The van der Waals surface area contributed by atoms with E-state index in [2.05, 4.69) is 10.5 Å². The largest absolute Gasteiger partial charge is 0.393 e. The fourth-order valence-electron chi connectivity index (χ4n) is 1.05. The molecule has 0 bridgehead atoms. The molecule has 0 spiro atoms. The van der Waals surface area contributed by atoms with Crippen molar-refractivity contribution in [2.24, 2.45) is 5.16 Å². The lowest BCUT2D eigenvalue weighted by Gasteiger charge is -2.19. The molecule has 1 aliphatic heterocycles. The van der Waals surface area contributed by atoms with E-state index in [1.165, 1.54) is 0 Å². The monoisotopic (exact) mass is 142 g/mol. The minimum Gasteiger partial charge on any atom is -0.393 e. The minimum atomic E-state index is 0.345. The number of oxime groups is 1. The van der Waals surface area contributed by atoms with Crippen LogP contribution in [0.15, 0.2) is 5.16 Å². The number of piperidine rings is 1. The van der Waals surface area contributed by atoms with E-state index in [1.807, 2.05) is 6.92 Å². The first-order valence-corrected chi connectivity index (χ1v) is 3.78. The van der Waals surface area contributed by atoms with Crippen molar-refractivity contribution in [1.29, 1.82) is 0 Å². The van der Waals surface area contributed by atoms with Crippen LogP contribution in [0.3, 0.4) is 0 Å². The van der Waals surface area contributed by atoms with Crippen LogP contribution in [0.1, 0.15) is 19.8 Å². The highest BCUT2D eigenvalue weighted by atomic mass is 16.6. The van der Waals surface area contributed by atoms with Gasteiger partial charge >= 0.3 is 0 Å². The number of nitrogens with one attached hydrogen (secondary N) is 1. The van der Waals surface area contributed by atoms with Gasteiger partial charge in [-0.1, -0.05) is 5.16 Å². The van der Waals surface area contributed by atoms with Crippen LogP contribution in [0, 0.1) is 0 Å². The summed E-state index contributed by atoms with van der Waals surface area (Å²) in [5.41, 5.74) is 0. The Balaban J connectivity index is 2.13. The van der Waals surface area contributed by atoms with Crippen LogP contribution in [0.25, 0.3) is 0 Å². The topological polar surface area (TPSA) is 33.6 Å². The van der Waals surface area contributed by atoms with E-state index in [0.29, 0.717) is 6.10 Å². The van der Waals surface area contributed by atoms with Crippen molar-refractivity contribution in [1.82, 2.24) is 5.32 Å². The molecule has 0 saturated carbocycles. The summed E-state index contributed by atoms with van der Waals surface area (Å²) in [6.45, 7) is 3.98. The second kappa shape index (κ2) is 4.28. The molecule has 1 saturated heterocycles. The van der Waals surface area contributed by atoms with Crippen molar-refractivity contribution >= 4 is 6.21 Å². The van der Waals surface area contributed by atoms with Crippen molar-refractivity contribution in [2.75, 3.05) is 13.1 Å². The fraction of sp³-hybridized carbons (Fsp3) is 0.857. The molecule has 0 unspecified atom stereocenters. The summed E-state index contributed by atoms with van der Waals surface area (Å²) in [7, 11) is 0. The molecular formula is C7H14N2O. The van der Waals surface area contributed by atoms with Crippen molar-refractivity contribution in [3.05, 3.63) is 0 Å². The molecule has 0 amide bonds. The van der Waals surface area contributed by atoms with Crippen LogP contribution in [-0.4, -0.2) is 25.4 Å². The molecule has 0 aromatic rings. The minimum absolute atomic E-state index is 0.345. The first-order valence-electron chi connectivity index (χ1n) is 3.78.